The Kier molecular flexibility index (Phi) is 5.00. The van der Waals surface area contributed by atoms with Crippen molar-refractivity contribution in [3.8, 4) is 5.69 Å². The molecular formula is C48H27NO. The van der Waals surface area contributed by atoms with E-state index < -0.39 is 0 Å². The highest BCUT2D eigenvalue weighted by molar-refractivity contribution is 6.33. The van der Waals surface area contributed by atoms with Gasteiger partial charge in [0.1, 0.15) is 5.58 Å². The highest BCUT2D eigenvalue weighted by Crippen LogP contribution is 2.44. The van der Waals surface area contributed by atoms with E-state index in [1.165, 1.54) is 80.9 Å². The van der Waals surface area contributed by atoms with E-state index in [2.05, 4.69) is 162 Å². The third-order valence-electron chi connectivity index (χ3n) is 11.1. The number of fused-ring (bicyclic) bond motifs is 19. The van der Waals surface area contributed by atoms with Gasteiger partial charge >= 0.3 is 0 Å². The molecule has 12 rings (SSSR count). The van der Waals surface area contributed by atoms with Gasteiger partial charge in [0, 0.05) is 27.2 Å². The van der Waals surface area contributed by atoms with E-state index in [-0.39, 0.29) is 0 Å². The second-order valence-electron chi connectivity index (χ2n) is 13.6. The lowest BCUT2D eigenvalue weighted by Gasteiger charge is -2.16. The molecule has 0 bridgehead atoms. The monoisotopic (exact) mass is 633 g/mol. The third kappa shape index (κ3) is 3.32. The van der Waals surface area contributed by atoms with Crippen LogP contribution in [-0.2, 0) is 0 Å². The zero-order valence-corrected chi connectivity index (χ0v) is 26.9. The van der Waals surface area contributed by atoms with Crippen LogP contribution in [0.4, 0.5) is 0 Å². The molecule has 0 spiro atoms. The summed E-state index contributed by atoms with van der Waals surface area (Å²) < 4.78 is 9.07. The lowest BCUT2D eigenvalue weighted by atomic mass is 9.88. The van der Waals surface area contributed by atoms with Crippen LogP contribution in [0.3, 0.4) is 0 Å². The lowest BCUT2D eigenvalue weighted by Crippen LogP contribution is -1.95. The summed E-state index contributed by atoms with van der Waals surface area (Å²) in [5, 5.41) is 20.1. The average molecular weight is 634 g/mol. The Labute approximate surface area is 286 Å². The minimum atomic E-state index is 0.912. The molecule has 0 aliphatic carbocycles. The van der Waals surface area contributed by atoms with Crippen LogP contribution in [0.2, 0.25) is 0 Å². The molecule has 10 aromatic carbocycles. The Bertz CT molecular complexity index is 3430. The van der Waals surface area contributed by atoms with E-state index in [4.69, 9.17) is 4.42 Å². The van der Waals surface area contributed by atoms with E-state index in [0.29, 0.717) is 0 Å². The predicted octanol–water partition coefficient (Wildman–Crippen LogP) is 13.6. The largest absolute Gasteiger partial charge is 0.454 e. The van der Waals surface area contributed by atoms with Crippen molar-refractivity contribution in [3.63, 3.8) is 0 Å². The lowest BCUT2D eigenvalue weighted by molar-refractivity contribution is 0.671. The molecule has 0 amide bonds. The molecule has 0 fully saturated rings. The number of nitrogens with zero attached hydrogens (tertiary/aromatic N) is 1. The summed E-state index contributed by atoms with van der Waals surface area (Å²) >= 11 is 0. The normalized spacial score (nSPS) is 12.4. The molecule has 0 radical (unpaired) electrons. The van der Waals surface area contributed by atoms with E-state index in [1.54, 1.807) is 0 Å². The molecule has 0 saturated heterocycles. The maximum Gasteiger partial charge on any atom is 0.160 e. The van der Waals surface area contributed by atoms with Gasteiger partial charge in [-0.1, -0.05) is 121 Å². The topological polar surface area (TPSA) is 18.1 Å². The second-order valence-corrected chi connectivity index (χ2v) is 13.6. The molecule has 12 aromatic rings. The van der Waals surface area contributed by atoms with Gasteiger partial charge in [0.2, 0.25) is 0 Å². The second kappa shape index (κ2) is 9.49. The number of aromatic nitrogens is 1. The summed E-state index contributed by atoms with van der Waals surface area (Å²) in [7, 11) is 0. The van der Waals surface area contributed by atoms with Crippen LogP contribution in [0.25, 0.3) is 114 Å². The maximum atomic E-state index is 6.66. The van der Waals surface area contributed by atoms with Crippen LogP contribution in [0.15, 0.2) is 168 Å². The zero-order valence-electron chi connectivity index (χ0n) is 26.9. The fraction of sp³-hybridized carbons (Fsp3) is 0. The van der Waals surface area contributed by atoms with Crippen LogP contribution < -0.4 is 0 Å². The summed E-state index contributed by atoms with van der Waals surface area (Å²) in [6.07, 6.45) is 0. The van der Waals surface area contributed by atoms with Crippen LogP contribution in [0.5, 0.6) is 0 Å². The van der Waals surface area contributed by atoms with Gasteiger partial charge in [-0.2, -0.15) is 0 Å². The molecular weight excluding hydrogens is 607 g/mol. The zero-order chi connectivity index (χ0) is 32.5. The molecule has 2 nitrogen and oxygen atoms in total. The number of hydrogen-bond donors (Lipinski definition) is 0. The van der Waals surface area contributed by atoms with Crippen molar-refractivity contribution in [2.75, 3.05) is 0 Å². The first-order valence-electron chi connectivity index (χ1n) is 17.3. The quantitative estimate of drug-likeness (QED) is 0.130. The minimum absolute atomic E-state index is 0.912. The van der Waals surface area contributed by atoms with Crippen molar-refractivity contribution in [1.29, 1.82) is 0 Å². The molecule has 0 N–H and O–H groups in total. The number of hydrogen-bond acceptors (Lipinski definition) is 1. The molecule has 0 aliphatic heterocycles. The molecule has 230 valence electrons. The Morgan fingerprint density at radius 1 is 0.300 bits per heavy atom. The van der Waals surface area contributed by atoms with Crippen LogP contribution >= 0.6 is 0 Å². The Morgan fingerprint density at radius 2 is 0.720 bits per heavy atom. The molecule has 0 aliphatic rings. The highest BCUT2D eigenvalue weighted by atomic mass is 16.3. The van der Waals surface area contributed by atoms with Crippen molar-refractivity contribution < 1.29 is 4.42 Å². The summed E-state index contributed by atoms with van der Waals surface area (Å²) in [5.74, 6) is 0. The first-order chi connectivity index (χ1) is 24.8. The summed E-state index contributed by atoms with van der Waals surface area (Å²) in [4.78, 5) is 0. The molecule has 2 aromatic heterocycles. The average Bonchev–Trinajstić information content (AvgIpc) is 3.73. The predicted molar refractivity (Wildman–Crippen MR) is 213 cm³/mol. The van der Waals surface area contributed by atoms with Crippen molar-refractivity contribution in [1.82, 2.24) is 4.57 Å². The fourth-order valence-electron chi connectivity index (χ4n) is 8.98. The first kappa shape index (κ1) is 26.3. The van der Waals surface area contributed by atoms with Crippen molar-refractivity contribution >= 4 is 108 Å². The molecule has 50 heavy (non-hydrogen) atoms. The molecule has 0 saturated carbocycles. The number of benzene rings is 10. The molecule has 0 atom stereocenters. The Balaban J connectivity index is 1.24. The number of furan rings is 1. The Morgan fingerprint density at radius 3 is 1.32 bits per heavy atom. The van der Waals surface area contributed by atoms with Crippen molar-refractivity contribution in [2.45, 2.75) is 0 Å². The van der Waals surface area contributed by atoms with E-state index in [9.17, 15) is 0 Å². The van der Waals surface area contributed by atoms with Crippen molar-refractivity contribution in [2.24, 2.45) is 0 Å². The van der Waals surface area contributed by atoms with Crippen LogP contribution in [0.1, 0.15) is 0 Å². The van der Waals surface area contributed by atoms with Gasteiger partial charge < -0.3 is 8.98 Å². The number of rotatable bonds is 1. The smallest absolute Gasteiger partial charge is 0.160 e. The van der Waals surface area contributed by atoms with Gasteiger partial charge in [0.25, 0.3) is 0 Å². The Hall–Kier alpha value is -6.64. The van der Waals surface area contributed by atoms with Crippen molar-refractivity contribution in [3.05, 3.63) is 164 Å². The van der Waals surface area contributed by atoms with Crippen LogP contribution in [0, 0.1) is 0 Å². The SMILES string of the molecule is c1ccc2c(c1)oc1c2ccc2c3ccccc3n(-c3ccc4c(c3)c3ccccc3c3cc5c6ccccc6c6ccccc6c5cc43)c21. The minimum Gasteiger partial charge on any atom is -0.454 e. The van der Waals surface area contributed by atoms with Gasteiger partial charge in [-0.25, -0.2) is 0 Å². The third-order valence-corrected chi connectivity index (χ3v) is 11.1. The standard InChI is InChI=1S/C48H27NO/c1-3-13-31-29(11-1)30-12-2-4-14-32(30)42-27-44-35-22-21-28(25-40(35)33-15-5-6-16-34(33)43(44)26-41(31)42)49-45-19-9-7-17-36(45)38-23-24-39-37-18-8-10-20-46(37)50-48(39)47(38)49/h1-27H. The molecule has 0 unspecified atom stereocenters. The fourth-order valence-corrected chi connectivity index (χ4v) is 8.98. The van der Waals surface area contributed by atoms with Gasteiger partial charge in [-0.3, -0.25) is 0 Å². The number of para-hydroxylation sites is 2. The molecule has 2 heteroatoms. The highest BCUT2D eigenvalue weighted by Gasteiger charge is 2.20. The van der Waals surface area contributed by atoms with E-state index in [1.807, 2.05) is 6.07 Å². The van der Waals surface area contributed by atoms with Gasteiger partial charge in [0.15, 0.2) is 5.58 Å². The molecule has 2 heterocycles. The van der Waals surface area contributed by atoms with Gasteiger partial charge in [-0.05, 0) is 107 Å². The van der Waals surface area contributed by atoms with Gasteiger partial charge in [-0.15, -0.1) is 0 Å². The summed E-state index contributed by atoms with van der Waals surface area (Å²) in [6, 6.07) is 60.1. The van der Waals surface area contributed by atoms with Crippen LogP contribution in [-0.4, -0.2) is 4.57 Å². The van der Waals surface area contributed by atoms with E-state index in [0.717, 1.165) is 33.1 Å². The first-order valence-corrected chi connectivity index (χ1v) is 17.3. The summed E-state index contributed by atoms with van der Waals surface area (Å²) in [6.45, 7) is 0. The maximum absolute atomic E-state index is 6.66. The van der Waals surface area contributed by atoms with E-state index >= 15 is 0 Å². The summed E-state index contributed by atoms with van der Waals surface area (Å²) in [5.41, 5.74) is 5.24. The van der Waals surface area contributed by atoms with Gasteiger partial charge in [0.05, 0.1) is 11.0 Å².